The van der Waals surface area contributed by atoms with Crippen molar-refractivity contribution in [2.75, 3.05) is 0 Å². The summed E-state index contributed by atoms with van der Waals surface area (Å²) in [6.07, 6.45) is 7.44. The quantitative estimate of drug-likeness (QED) is 0.551. The Morgan fingerprint density at radius 2 is 1.83 bits per heavy atom. The summed E-state index contributed by atoms with van der Waals surface area (Å²) in [5, 5.41) is 1.12. The Kier molecular flexibility index (Phi) is 3.61. The molecule has 0 radical (unpaired) electrons. The second-order valence-corrected chi connectivity index (χ2v) is 5.77. The molecule has 0 unspecified atom stereocenters. The van der Waals surface area contributed by atoms with Crippen molar-refractivity contribution in [1.29, 1.82) is 0 Å². The van der Waals surface area contributed by atoms with Gasteiger partial charge in [0, 0.05) is 41.1 Å². The molecule has 0 bridgehead atoms. The second-order valence-electron chi connectivity index (χ2n) is 5.77. The Morgan fingerprint density at radius 3 is 2.62 bits per heavy atom. The second kappa shape index (κ2) is 5.92. The maximum Gasteiger partial charge on any atom is 0.131 e. The molecule has 0 fully saturated rings. The maximum absolute atomic E-state index is 14.0. The van der Waals surface area contributed by atoms with Crippen LogP contribution in [0.15, 0.2) is 67.4 Å². The van der Waals surface area contributed by atoms with Gasteiger partial charge >= 0.3 is 0 Å². The zero-order valence-corrected chi connectivity index (χ0v) is 12.9. The van der Waals surface area contributed by atoms with Gasteiger partial charge in [0.1, 0.15) is 11.6 Å². The summed E-state index contributed by atoms with van der Waals surface area (Å²) in [7, 11) is 0. The molecule has 0 atom stereocenters. The zero-order valence-electron chi connectivity index (χ0n) is 12.9. The number of aromatic nitrogens is 3. The van der Waals surface area contributed by atoms with Gasteiger partial charge in [0.25, 0.3) is 0 Å². The number of imidazole rings is 1. The predicted molar refractivity (Wildman–Crippen MR) is 88.7 cm³/mol. The monoisotopic (exact) mass is 323 g/mol. The topological polar surface area (TPSA) is 22.8 Å². The lowest BCUT2D eigenvalue weighted by Crippen LogP contribution is -2.01. The normalized spacial score (nSPS) is 11.2. The van der Waals surface area contributed by atoms with Crippen LogP contribution in [0, 0.1) is 11.6 Å². The van der Waals surface area contributed by atoms with E-state index in [0.29, 0.717) is 18.7 Å². The summed E-state index contributed by atoms with van der Waals surface area (Å²) in [6.45, 7) is 1.05. The molecule has 2 aromatic heterocycles. The van der Waals surface area contributed by atoms with E-state index >= 15 is 0 Å². The minimum Gasteiger partial charge on any atom is -0.343 e. The molecule has 4 aromatic rings. The highest BCUT2D eigenvalue weighted by Crippen LogP contribution is 2.24. The van der Waals surface area contributed by atoms with Crippen LogP contribution < -0.4 is 0 Å². The lowest BCUT2D eigenvalue weighted by molar-refractivity contribution is 0.567. The van der Waals surface area contributed by atoms with Crippen LogP contribution in [0.4, 0.5) is 8.78 Å². The molecule has 120 valence electrons. The Hall–Kier alpha value is -2.95. The molecular formula is C19H15F2N3. The van der Waals surface area contributed by atoms with Crippen LogP contribution in [0.1, 0.15) is 11.1 Å². The van der Waals surface area contributed by atoms with Crippen LogP contribution in [-0.4, -0.2) is 14.1 Å². The smallest absolute Gasteiger partial charge is 0.131 e. The van der Waals surface area contributed by atoms with Crippen molar-refractivity contribution in [3.63, 3.8) is 0 Å². The third kappa shape index (κ3) is 2.69. The maximum atomic E-state index is 14.0. The molecule has 0 aliphatic heterocycles. The average Bonchev–Trinajstić information content (AvgIpc) is 3.20. The molecule has 0 aliphatic carbocycles. The van der Waals surface area contributed by atoms with Gasteiger partial charge in [-0.2, -0.15) is 0 Å². The Balaban J connectivity index is 1.75. The van der Waals surface area contributed by atoms with Crippen LogP contribution in [0.5, 0.6) is 0 Å². The summed E-state index contributed by atoms with van der Waals surface area (Å²) in [5.74, 6) is -1.08. The van der Waals surface area contributed by atoms with Crippen LogP contribution in [-0.2, 0) is 13.1 Å². The summed E-state index contributed by atoms with van der Waals surface area (Å²) in [6, 6.07) is 11.7. The van der Waals surface area contributed by atoms with Gasteiger partial charge in [-0.1, -0.05) is 24.3 Å². The molecule has 0 N–H and O–H groups in total. The van der Waals surface area contributed by atoms with Crippen molar-refractivity contribution in [3.05, 3.63) is 90.1 Å². The van der Waals surface area contributed by atoms with Crippen LogP contribution in [0.25, 0.3) is 10.9 Å². The minimum absolute atomic E-state index is 0.358. The Morgan fingerprint density at radius 1 is 0.958 bits per heavy atom. The van der Waals surface area contributed by atoms with Crippen LogP contribution >= 0.6 is 0 Å². The van der Waals surface area contributed by atoms with E-state index in [1.807, 2.05) is 39.7 Å². The van der Waals surface area contributed by atoms with E-state index in [1.54, 1.807) is 12.5 Å². The first kappa shape index (κ1) is 14.6. The number of hydrogen-bond donors (Lipinski definition) is 0. The third-order valence-corrected chi connectivity index (χ3v) is 4.14. The number of nitrogens with zero attached hydrogens (tertiary/aromatic N) is 3. The van der Waals surface area contributed by atoms with Crippen LogP contribution in [0.2, 0.25) is 0 Å². The summed E-state index contributed by atoms with van der Waals surface area (Å²) < 4.78 is 31.1. The van der Waals surface area contributed by atoms with Crippen molar-refractivity contribution in [2.24, 2.45) is 0 Å². The Labute approximate surface area is 137 Å². The molecule has 0 spiro atoms. The molecule has 0 saturated carbocycles. The molecule has 0 saturated heterocycles. The van der Waals surface area contributed by atoms with Gasteiger partial charge < -0.3 is 9.13 Å². The molecule has 0 aliphatic rings. The average molecular weight is 323 g/mol. The molecule has 4 rings (SSSR count). The molecule has 2 aromatic carbocycles. The van der Waals surface area contributed by atoms with Crippen LogP contribution in [0.3, 0.4) is 0 Å². The van der Waals surface area contributed by atoms with Gasteiger partial charge in [0.15, 0.2) is 0 Å². The highest BCUT2D eigenvalue weighted by molar-refractivity contribution is 5.84. The van der Waals surface area contributed by atoms with E-state index in [-0.39, 0.29) is 0 Å². The SMILES string of the molecule is Fc1ccc(Cn2cc(Cn3ccnc3)c3ccccc32)c(F)c1. The van der Waals surface area contributed by atoms with Crippen molar-refractivity contribution >= 4 is 10.9 Å². The van der Waals surface area contributed by atoms with Gasteiger partial charge in [-0.3, -0.25) is 0 Å². The molecular weight excluding hydrogens is 308 g/mol. The van der Waals surface area contributed by atoms with E-state index < -0.39 is 11.6 Å². The number of hydrogen-bond acceptors (Lipinski definition) is 1. The number of rotatable bonds is 4. The molecule has 2 heterocycles. The predicted octanol–water partition coefficient (Wildman–Crippen LogP) is 4.21. The highest BCUT2D eigenvalue weighted by atomic mass is 19.1. The van der Waals surface area contributed by atoms with Crippen molar-refractivity contribution in [2.45, 2.75) is 13.1 Å². The minimum atomic E-state index is -0.561. The lowest BCUT2D eigenvalue weighted by Gasteiger charge is -2.07. The van der Waals surface area contributed by atoms with E-state index in [1.165, 1.54) is 12.1 Å². The summed E-state index contributed by atoms with van der Waals surface area (Å²) in [5.41, 5.74) is 2.62. The fourth-order valence-electron chi connectivity index (χ4n) is 2.99. The van der Waals surface area contributed by atoms with E-state index in [4.69, 9.17) is 0 Å². The largest absolute Gasteiger partial charge is 0.343 e. The van der Waals surface area contributed by atoms with Gasteiger partial charge in [-0.05, 0) is 17.7 Å². The molecule has 24 heavy (non-hydrogen) atoms. The van der Waals surface area contributed by atoms with Gasteiger partial charge in [-0.25, -0.2) is 13.8 Å². The fraction of sp³-hybridized carbons (Fsp3) is 0.105. The van der Waals surface area contributed by atoms with E-state index in [9.17, 15) is 8.78 Å². The number of para-hydroxylation sites is 1. The van der Waals surface area contributed by atoms with Gasteiger partial charge in [-0.15, -0.1) is 0 Å². The number of fused-ring (bicyclic) bond motifs is 1. The first-order chi connectivity index (χ1) is 11.7. The molecule has 3 nitrogen and oxygen atoms in total. The first-order valence-corrected chi connectivity index (χ1v) is 7.67. The first-order valence-electron chi connectivity index (χ1n) is 7.67. The van der Waals surface area contributed by atoms with Crippen molar-refractivity contribution in [1.82, 2.24) is 14.1 Å². The summed E-state index contributed by atoms with van der Waals surface area (Å²) in [4.78, 5) is 4.06. The lowest BCUT2D eigenvalue weighted by atomic mass is 10.2. The number of halogens is 2. The van der Waals surface area contributed by atoms with Gasteiger partial charge in [0.05, 0.1) is 19.4 Å². The highest BCUT2D eigenvalue weighted by Gasteiger charge is 2.11. The van der Waals surface area contributed by atoms with Crippen molar-refractivity contribution < 1.29 is 8.78 Å². The molecule has 0 amide bonds. The standard InChI is InChI=1S/C19H15F2N3/c20-16-6-5-14(18(21)9-16)11-24-12-15(10-23-8-7-22-13-23)17-3-1-2-4-19(17)24/h1-9,12-13H,10-11H2. The Bertz CT molecular complexity index is 987. The fourth-order valence-corrected chi connectivity index (χ4v) is 2.99. The van der Waals surface area contributed by atoms with E-state index in [0.717, 1.165) is 22.5 Å². The van der Waals surface area contributed by atoms with E-state index in [2.05, 4.69) is 11.1 Å². The number of benzene rings is 2. The molecule has 5 heteroatoms. The zero-order chi connectivity index (χ0) is 16.5. The summed E-state index contributed by atoms with van der Waals surface area (Å²) >= 11 is 0. The third-order valence-electron chi connectivity index (χ3n) is 4.14. The van der Waals surface area contributed by atoms with Crippen molar-refractivity contribution in [3.8, 4) is 0 Å². The van der Waals surface area contributed by atoms with Gasteiger partial charge in [0.2, 0.25) is 0 Å².